The average Bonchev–Trinajstić information content (AvgIpc) is 2.09. The molecule has 1 N–H and O–H groups in total. The van der Waals surface area contributed by atoms with Gasteiger partial charge in [0.25, 0.3) is 0 Å². The first-order valence-corrected chi connectivity index (χ1v) is 14.4. The number of rotatable bonds is 3. The van der Waals surface area contributed by atoms with Crippen LogP contribution in [0.4, 0.5) is 0 Å². The molecular formula is C9H18HgO2. The van der Waals surface area contributed by atoms with E-state index in [-0.39, 0.29) is 6.10 Å². The quantitative estimate of drug-likeness (QED) is 0.778. The molecule has 0 radical (unpaired) electrons. The van der Waals surface area contributed by atoms with Crippen LogP contribution >= 0.6 is 0 Å². The zero-order valence-electron chi connectivity index (χ0n) is 8.12. The minimum atomic E-state index is -0.594. The van der Waals surface area contributed by atoms with Crippen molar-refractivity contribution in [1.82, 2.24) is 0 Å². The summed E-state index contributed by atoms with van der Waals surface area (Å²) in [4.78, 5) is 0. The third-order valence-corrected chi connectivity index (χ3v) is 7.72. The summed E-state index contributed by atoms with van der Waals surface area (Å²) in [7, 11) is 1.78. The average molecular weight is 359 g/mol. The molecule has 0 heterocycles. The van der Waals surface area contributed by atoms with Crippen molar-refractivity contribution in [2.75, 3.05) is 7.11 Å². The van der Waals surface area contributed by atoms with Crippen molar-refractivity contribution in [3.8, 4) is 0 Å². The summed E-state index contributed by atoms with van der Waals surface area (Å²) in [6.07, 6.45) is 3.58. The number of hydrogen-bond acceptors (Lipinski definition) is 2. The van der Waals surface area contributed by atoms with Gasteiger partial charge in [-0.15, -0.1) is 0 Å². The van der Waals surface area contributed by atoms with Crippen molar-refractivity contribution < 1.29 is 34.4 Å². The molecule has 0 aliphatic heterocycles. The van der Waals surface area contributed by atoms with Gasteiger partial charge < -0.3 is 0 Å². The van der Waals surface area contributed by atoms with E-state index in [0.717, 1.165) is 19.3 Å². The van der Waals surface area contributed by atoms with Gasteiger partial charge in [-0.2, -0.15) is 0 Å². The van der Waals surface area contributed by atoms with Crippen LogP contribution in [0.15, 0.2) is 0 Å². The van der Waals surface area contributed by atoms with Crippen LogP contribution in [0.1, 0.15) is 19.3 Å². The van der Waals surface area contributed by atoms with E-state index in [1.54, 1.807) is 7.11 Å². The summed E-state index contributed by atoms with van der Waals surface area (Å²) >= 11 is -0.594. The molecule has 1 aliphatic carbocycles. The van der Waals surface area contributed by atoms with Crippen LogP contribution in [0.2, 0.25) is 8.36 Å². The maximum absolute atomic E-state index is 9.76. The third-order valence-electron chi connectivity index (χ3n) is 2.89. The van der Waals surface area contributed by atoms with E-state index in [0.29, 0.717) is 12.0 Å². The Kier molecular flexibility index (Phi) is 5.06. The normalized spacial score (nSPS) is 36.1. The number of aliphatic hydroxyl groups is 1. The fourth-order valence-electron chi connectivity index (χ4n) is 2.21. The molecule has 68 valence electrons. The minimum absolute atomic E-state index is 0.0661. The van der Waals surface area contributed by atoms with E-state index in [1.165, 1.54) is 3.93 Å². The van der Waals surface area contributed by atoms with E-state index < -0.39 is 24.6 Å². The zero-order valence-corrected chi connectivity index (χ0v) is 13.6. The van der Waals surface area contributed by atoms with Crippen LogP contribution < -0.4 is 0 Å². The molecule has 0 bridgehead atoms. The first-order valence-electron chi connectivity index (χ1n) is 5.00. The van der Waals surface area contributed by atoms with E-state index in [1.807, 2.05) is 0 Å². The van der Waals surface area contributed by atoms with E-state index in [2.05, 4.69) is 4.43 Å². The van der Waals surface area contributed by atoms with Crippen LogP contribution in [0.25, 0.3) is 0 Å². The van der Waals surface area contributed by atoms with Gasteiger partial charge in [0.2, 0.25) is 0 Å². The molecule has 1 aliphatic rings. The Morgan fingerprint density at radius 3 is 2.83 bits per heavy atom. The molecule has 3 atom stereocenters. The second-order valence-corrected chi connectivity index (χ2v) is 9.86. The fraction of sp³-hybridized carbons (Fsp3) is 1.00. The van der Waals surface area contributed by atoms with Crippen LogP contribution in [-0.4, -0.2) is 24.4 Å². The molecule has 0 aromatic carbocycles. The van der Waals surface area contributed by atoms with Crippen molar-refractivity contribution in [2.45, 2.75) is 39.8 Å². The molecule has 0 aromatic heterocycles. The summed E-state index contributed by atoms with van der Waals surface area (Å²) in [5.74, 6) is 0.482. The van der Waals surface area contributed by atoms with E-state index in [4.69, 9.17) is 4.74 Å². The van der Waals surface area contributed by atoms with Crippen LogP contribution in [0.5, 0.6) is 0 Å². The van der Waals surface area contributed by atoms with Crippen LogP contribution in [0, 0.1) is 5.92 Å². The molecule has 12 heavy (non-hydrogen) atoms. The van der Waals surface area contributed by atoms with Crippen LogP contribution in [-0.2, 0) is 29.3 Å². The first kappa shape index (κ1) is 10.9. The summed E-state index contributed by atoms with van der Waals surface area (Å²) < 4.78 is 9.10. The van der Waals surface area contributed by atoms with E-state index in [9.17, 15) is 5.11 Å². The topological polar surface area (TPSA) is 29.5 Å². The first-order chi connectivity index (χ1) is 5.79. The number of methoxy groups -OCH3 is 1. The van der Waals surface area contributed by atoms with Gasteiger partial charge in [-0.05, 0) is 0 Å². The zero-order chi connectivity index (χ0) is 8.97. The Labute approximate surface area is 87.1 Å². The van der Waals surface area contributed by atoms with Crippen molar-refractivity contribution in [3.63, 3.8) is 0 Å². The van der Waals surface area contributed by atoms with Gasteiger partial charge in [0.1, 0.15) is 0 Å². The van der Waals surface area contributed by atoms with Gasteiger partial charge >= 0.3 is 87.3 Å². The predicted molar refractivity (Wildman–Crippen MR) is 44.8 cm³/mol. The van der Waals surface area contributed by atoms with Crippen LogP contribution in [0.3, 0.4) is 0 Å². The molecular weight excluding hydrogens is 341 g/mol. The SMILES string of the molecule is CO[C@@H]1CCC[C@@H](O)[C@H]1[CH2][Hg][CH3]. The number of aliphatic hydroxyl groups excluding tert-OH is 1. The van der Waals surface area contributed by atoms with Crippen molar-refractivity contribution in [2.24, 2.45) is 5.92 Å². The second-order valence-electron chi connectivity index (χ2n) is 3.72. The Balaban J connectivity index is 2.47. The molecule has 1 rings (SSSR count). The third kappa shape index (κ3) is 2.67. The number of ether oxygens (including phenoxy) is 1. The maximum atomic E-state index is 9.76. The van der Waals surface area contributed by atoms with Crippen molar-refractivity contribution in [1.29, 1.82) is 0 Å². The fourth-order valence-corrected chi connectivity index (χ4v) is 7.74. The summed E-state index contributed by atoms with van der Waals surface area (Å²) in [6, 6.07) is 0. The molecule has 3 heteroatoms. The summed E-state index contributed by atoms with van der Waals surface area (Å²) in [5, 5.41) is 9.76. The summed E-state index contributed by atoms with van der Waals surface area (Å²) in [6.45, 7) is 0. The van der Waals surface area contributed by atoms with Crippen molar-refractivity contribution in [3.05, 3.63) is 0 Å². The molecule has 0 amide bonds. The summed E-state index contributed by atoms with van der Waals surface area (Å²) in [5.41, 5.74) is 0. The molecule has 0 unspecified atom stereocenters. The molecule has 0 spiro atoms. The molecule has 1 saturated carbocycles. The monoisotopic (exact) mass is 360 g/mol. The van der Waals surface area contributed by atoms with E-state index >= 15 is 0 Å². The Morgan fingerprint density at radius 2 is 2.25 bits per heavy atom. The van der Waals surface area contributed by atoms with Gasteiger partial charge in [0.05, 0.1) is 0 Å². The molecule has 0 saturated heterocycles. The Hall–Kier alpha value is 0.855. The predicted octanol–water partition coefficient (Wildman–Crippen LogP) is 1.71. The molecule has 2 nitrogen and oxygen atoms in total. The molecule has 0 aromatic rings. The molecule has 1 fully saturated rings. The Morgan fingerprint density at radius 1 is 1.50 bits per heavy atom. The van der Waals surface area contributed by atoms with Gasteiger partial charge in [0, 0.05) is 0 Å². The van der Waals surface area contributed by atoms with Gasteiger partial charge in [0.15, 0.2) is 0 Å². The van der Waals surface area contributed by atoms with Gasteiger partial charge in [-0.25, -0.2) is 0 Å². The number of hydrogen-bond donors (Lipinski definition) is 1. The second kappa shape index (κ2) is 5.56. The standard InChI is InChI=1S/C8H15O2.CH3.Hg/c1-6-7(9)4-3-5-8(6)10-2;;/h6-9H,1,3-5H2,2H3;1H3;/t6-,7-,8-;;/m1../s1. The Bertz CT molecular complexity index is 130. The van der Waals surface area contributed by atoms with Gasteiger partial charge in [-0.1, -0.05) is 0 Å². The van der Waals surface area contributed by atoms with Crippen molar-refractivity contribution >= 4 is 0 Å². The van der Waals surface area contributed by atoms with Gasteiger partial charge in [-0.3, -0.25) is 0 Å².